The Labute approximate surface area is 116 Å². The molecular formula is C11H14N6O2S. The highest BCUT2D eigenvalue weighted by Crippen LogP contribution is 2.19. The molecule has 9 heteroatoms. The van der Waals surface area contributed by atoms with Crippen molar-refractivity contribution in [1.82, 2.24) is 20.2 Å². The SMILES string of the molecule is CCCNc1ncccc1S(=O)(=O)Nc1nccnn1. The van der Waals surface area contributed by atoms with E-state index in [0.29, 0.717) is 12.4 Å². The molecule has 8 nitrogen and oxygen atoms in total. The van der Waals surface area contributed by atoms with E-state index in [1.165, 1.54) is 24.7 Å². The lowest BCUT2D eigenvalue weighted by atomic mass is 10.4. The zero-order valence-electron chi connectivity index (χ0n) is 10.8. The van der Waals surface area contributed by atoms with Gasteiger partial charge in [-0.3, -0.25) is 0 Å². The number of aromatic nitrogens is 4. The average molecular weight is 294 g/mol. The van der Waals surface area contributed by atoms with Gasteiger partial charge in [0, 0.05) is 12.7 Å². The first-order chi connectivity index (χ1) is 9.63. The van der Waals surface area contributed by atoms with Gasteiger partial charge < -0.3 is 5.32 Å². The largest absolute Gasteiger partial charge is 0.369 e. The monoisotopic (exact) mass is 294 g/mol. The van der Waals surface area contributed by atoms with Gasteiger partial charge in [-0.25, -0.2) is 23.1 Å². The molecule has 0 aliphatic rings. The second-order valence-corrected chi connectivity index (χ2v) is 5.50. The van der Waals surface area contributed by atoms with Crippen LogP contribution in [0.25, 0.3) is 0 Å². The Kier molecular flexibility index (Phi) is 4.41. The van der Waals surface area contributed by atoms with E-state index in [1.54, 1.807) is 6.07 Å². The number of nitrogens with zero attached hydrogens (tertiary/aromatic N) is 4. The highest BCUT2D eigenvalue weighted by Gasteiger charge is 2.20. The molecule has 106 valence electrons. The lowest BCUT2D eigenvalue weighted by molar-refractivity contribution is 0.600. The minimum atomic E-state index is -3.81. The molecule has 0 saturated carbocycles. The Morgan fingerprint density at radius 1 is 1.20 bits per heavy atom. The van der Waals surface area contributed by atoms with Crippen LogP contribution in [0.5, 0.6) is 0 Å². The van der Waals surface area contributed by atoms with Gasteiger partial charge in [0.25, 0.3) is 16.0 Å². The summed E-state index contributed by atoms with van der Waals surface area (Å²) in [7, 11) is -3.81. The Bertz CT molecular complexity index is 662. The van der Waals surface area contributed by atoms with Crippen molar-refractivity contribution >= 4 is 21.8 Å². The second kappa shape index (κ2) is 6.24. The third-order valence-corrected chi connectivity index (χ3v) is 3.67. The number of nitrogens with one attached hydrogen (secondary N) is 2. The second-order valence-electron chi connectivity index (χ2n) is 3.85. The van der Waals surface area contributed by atoms with Crippen LogP contribution in [0.2, 0.25) is 0 Å². The van der Waals surface area contributed by atoms with E-state index in [0.717, 1.165) is 6.42 Å². The third-order valence-electron chi connectivity index (χ3n) is 2.31. The Morgan fingerprint density at radius 3 is 2.75 bits per heavy atom. The van der Waals surface area contributed by atoms with E-state index < -0.39 is 10.0 Å². The minimum absolute atomic E-state index is 0.0425. The van der Waals surface area contributed by atoms with Crippen LogP contribution in [-0.2, 0) is 10.0 Å². The summed E-state index contributed by atoms with van der Waals surface area (Å²) in [6.45, 7) is 2.61. The molecule has 0 saturated heterocycles. The zero-order valence-corrected chi connectivity index (χ0v) is 11.6. The molecule has 0 amide bonds. The molecule has 2 aromatic rings. The maximum Gasteiger partial charge on any atom is 0.267 e. The molecule has 0 aromatic carbocycles. The number of anilines is 2. The van der Waals surface area contributed by atoms with Gasteiger partial charge in [-0.2, -0.15) is 5.10 Å². The van der Waals surface area contributed by atoms with Crippen molar-refractivity contribution in [1.29, 1.82) is 0 Å². The Morgan fingerprint density at radius 2 is 2.05 bits per heavy atom. The molecule has 0 aliphatic carbocycles. The van der Waals surface area contributed by atoms with Crippen LogP contribution in [0.1, 0.15) is 13.3 Å². The molecule has 0 atom stereocenters. The molecule has 0 bridgehead atoms. The molecule has 20 heavy (non-hydrogen) atoms. The van der Waals surface area contributed by atoms with Gasteiger partial charge in [0.15, 0.2) is 0 Å². The molecule has 0 unspecified atom stereocenters. The van der Waals surface area contributed by atoms with Crippen molar-refractivity contribution in [2.75, 3.05) is 16.6 Å². The van der Waals surface area contributed by atoms with E-state index in [4.69, 9.17) is 0 Å². The number of hydrogen-bond donors (Lipinski definition) is 2. The van der Waals surface area contributed by atoms with Crippen LogP contribution in [0.4, 0.5) is 11.8 Å². The van der Waals surface area contributed by atoms with E-state index in [1.807, 2.05) is 6.92 Å². The molecular weight excluding hydrogens is 280 g/mol. The fraction of sp³-hybridized carbons (Fsp3) is 0.273. The summed E-state index contributed by atoms with van der Waals surface area (Å²) in [4.78, 5) is 7.86. The summed E-state index contributed by atoms with van der Waals surface area (Å²) in [5, 5.41) is 10.1. The average Bonchev–Trinajstić information content (AvgIpc) is 2.46. The number of rotatable bonds is 6. The summed E-state index contributed by atoms with van der Waals surface area (Å²) in [5.41, 5.74) is 0. The maximum absolute atomic E-state index is 12.3. The van der Waals surface area contributed by atoms with Gasteiger partial charge in [0.2, 0.25) is 0 Å². The van der Waals surface area contributed by atoms with Crippen molar-refractivity contribution in [3.8, 4) is 0 Å². The first kappa shape index (κ1) is 14.1. The van der Waals surface area contributed by atoms with Crippen LogP contribution >= 0.6 is 0 Å². The molecule has 0 spiro atoms. The Balaban J connectivity index is 2.30. The maximum atomic E-state index is 12.3. The molecule has 0 aliphatic heterocycles. The van der Waals surface area contributed by atoms with E-state index >= 15 is 0 Å². The number of hydrogen-bond acceptors (Lipinski definition) is 7. The van der Waals surface area contributed by atoms with Crippen molar-refractivity contribution in [2.45, 2.75) is 18.2 Å². The van der Waals surface area contributed by atoms with Gasteiger partial charge in [-0.05, 0) is 18.6 Å². The predicted octanol–water partition coefficient (Wildman–Crippen LogP) is 0.889. The van der Waals surface area contributed by atoms with Gasteiger partial charge in [-0.15, -0.1) is 5.10 Å². The number of sulfonamides is 1. The summed E-state index contributed by atoms with van der Waals surface area (Å²) < 4.78 is 26.8. The van der Waals surface area contributed by atoms with Gasteiger partial charge in [0.05, 0.1) is 12.4 Å². The van der Waals surface area contributed by atoms with Crippen LogP contribution in [0.3, 0.4) is 0 Å². The Hall–Kier alpha value is -2.29. The molecule has 2 rings (SSSR count). The predicted molar refractivity (Wildman–Crippen MR) is 73.7 cm³/mol. The molecule has 2 N–H and O–H groups in total. The summed E-state index contributed by atoms with van der Waals surface area (Å²) in [5.74, 6) is 0.212. The van der Waals surface area contributed by atoms with Gasteiger partial charge in [0.1, 0.15) is 10.7 Å². The van der Waals surface area contributed by atoms with Crippen LogP contribution < -0.4 is 10.0 Å². The van der Waals surface area contributed by atoms with Crippen LogP contribution in [-0.4, -0.2) is 35.1 Å². The molecule has 2 aromatic heterocycles. The standard InChI is InChI=1S/C11H14N6O2S/c1-2-5-12-10-9(4-3-6-13-10)20(18,19)17-11-14-7-8-15-16-11/h3-4,6-8H,2,5H2,1H3,(H,12,13)(H,14,16,17). The van der Waals surface area contributed by atoms with Crippen molar-refractivity contribution in [3.05, 3.63) is 30.7 Å². The highest BCUT2D eigenvalue weighted by molar-refractivity contribution is 7.92. The third kappa shape index (κ3) is 3.38. The molecule has 0 radical (unpaired) electrons. The molecule has 0 fully saturated rings. The number of pyridine rings is 1. The summed E-state index contributed by atoms with van der Waals surface area (Å²) in [6, 6.07) is 3.01. The smallest absolute Gasteiger partial charge is 0.267 e. The van der Waals surface area contributed by atoms with Crippen molar-refractivity contribution in [3.63, 3.8) is 0 Å². The van der Waals surface area contributed by atoms with Gasteiger partial charge in [-0.1, -0.05) is 6.92 Å². The van der Waals surface area contributed by atoms with Gasteiger partial charge >= 0.3 is 0 Å². The fourth-order valence-corrected chi connectivity index (χ4v) is 2.53. The summed E-state index contributed by atoms with van der Waals surface area (Å²) >= 11 is 0. The normalized spacial score (nSPS) is 11.1. The molecule has 2 heterocycles. The van der Waals surface area contributed by atoms with Crippen molar-refractivity contribution < 1.29 is 8.42 Å². The van der Waals surface area contributed by atoms with E-state index in [-0.39, 0.29) is 10.8 Å². The summed E-state index contributed by atoms with van der Waals surface area (Å²) in [6.07, 6.45) is 5.09. The highest BCUT2D eigenvalue weighted by atomic mass is 32.2. The van der Waals surface area contributed by atoms with Crippen LogP contribution in [0.15, 0.2) is 35.6 Å². The quantitative estimate of drug-likeness (QED) is 0.814. The lowest BCUT2D eigenvalue weighted by Crippen LogP contribution is -2.18. The topological polar surface area (TPSA) is 110 Å². The first-order valence-electron chi connectivity index (χ1n) is 5.99. The first-order valence-corrected chi connectivity index (χ1v) is 7.47. The fourth-order valence-electron chi connectivity index (χ4n) is 1.45. The minimum Gasteiger partial charge on any atom is -0.369 e. The van der Waals surface area contributed by atoms with Crippen LogP contribution in [0, 0.1) is 0 Å². The van der Waals surface area contributed by atoms with E-state index in [2.05, 4.69) is 30.2 Å². The lowest BCUT2D eigenvalue weighted by Gasteiger charge is -2.11. The van der Waals surface area contributed by atoms with E-state index in [9.17, 15) is 8.42 Å². The van der Waals surface area contributed by atoms with Crippen molar-refractivity contribution in [2.24, 2.45) is 0 Å². The zero-order chi connectivity index (χ0) is 14.4.